The zero-order valence-electron chi connectivity index (χ0n) is 16.7. The molecule has 2 aromatic rings. The summed E-state index contributed by atoms with van der Waals surface area (Å²) in [6.45, 7) is 1.77. The number of ether oxygens (including phenoxy) is 2. The first-order chi connectivity index (χ1) is 14.4. The number of rotatable bonds is 6. The van der Waals surface area contributed by atoms with Gasteiger partial charge in [-0.1, -0.05) is 0 Å². The third kappa shape index (κ3) is 3.76. The zero-order valence-corrected chi connectivity index (χ0v) is 17.5. The van der Waals surface area contributed by atoms with Gasteiger partial charge in [-0.05, 0) is 63.6 Å². The standard InChI is InChI=1S/C21H24FN3O4S/c1-12-20(28-15-8-13-2-3-14(9-15)25-13)23-11-24-21(12)29-19-7-6-17(10-18(19)22)30(26,27)16-4-5-16/h6-7,10-11,13-16,25H,2-5,8-9H2,1H3. The van der Waals surface area contributed by atoms with Crippen LogP contribution in [-0.4, -0.2) is 41.8 Å². The first kappa shape index (κ1) is 19.7. The predicted molar refractivity (Wildman–Crippen MR) is 107 cm³/mol. The highest BCUT2D eigenvalue weighted by Gasteiger charge is 2.37. The van der Waals surface area contributed by atoms with E-state index in [1.54, 1.807) is 6.92 Å². The van der Waals surface area contributed by atoms with Crippen LogP contribution in [0.4, 0.5) is 4.39 Å². The summed E-state index contributed by atoms with van der Waals surface area (Å²) in [4.78, 5) is 8.33. The Morgan fingerprint density at radius 3 is 2.43 bits per heavy atom. The third-order valence-corrected chi connectivity index (χ3v) is 8.36. The van der Waals surface area contributed by atoms with Gasteiger partial charge in [-0.25, -0.2) is 22.8 Å². The molecule has 3 heterocycles. The maximum atomic E-state index is 14.6. The van der Waals surface area contributed by atoms with Crippen LogP contribution in [0.25, 0.3) is 0 Å². The van der Waals surface area contributed by atoms with E-state index in [4.69, 9.17) is 9.47 Å². The number of piperidine rings is 1. The molecule has 2 aliphatic heterocycles. The van der Waals surface area contributed by atoms with Crippen molar-refractivity contribution in [2.24, 2.45) is 0 Å². The fourth-order valence-corrected chi connectivity index (χ4v) is 5.98. The van der Waals surface area contributed by atoms with Crippen LogP contribution in [0.2, 0.25) is 0 Å². The summed E-state index contributed by atoms with van der Waals surface area (Å²) < 4.78 is 51.0. The van der Waals surface area contributed by atoms with Gasteiger partial charge in [0, 0.05) is 12.1 Å². The Labute approximate surface area is 174 Å². The van der Waals surface area contributed by atoms with Crippen LogP contribution in [0, 0.1) is 12.7 Å². The highest BCUT2D eigenvalue weighted by Crippen LogP contribution is 2.36. The van der Waals surface area contributed by atoms with Gasteiger partial charge in [0.25, 0.3) is 0 Å². The minimum Gasteiger partial charge on any atom is -0.474 e. The maximum Gasteiger partial charge on any atom is 0.229 e. The van der Waals surface area contributed by atoms with Crippen LogP contribution in [0.5, 0.6) is 17.5 Å². The van der Waals surface area contributed by atoms with Crippen LogP contribution >= 0.6 is 0 Å². The quantitative estimate of drug-likeness (QED) is 0.747. The van der Waals surface area contributed by atoms with Crippen molar-refractivity contribution in [3.8, 4) is 17.5 Å². The summed E-state index contributed by atoms with van der Waals surface area (Å²) >= 11 is 0. The monoisotopic (exact) mass is 433 g/mol. The average molecular weight is 434 g/mol. The second-order valence-corrected chi connectivity index (χ2v) is 10.6. The van der Waals surface area contributed by atoms with Crippen LogP contribution in [0.15, 0.2) is 29.4 Å². The molecular weight excluding hydrogens is 409 g/mol. The summed E-state index contributed by atoms with van der Waals surface area (Å²) in [5.74, 6) is -0.210. The first-order valence-corrected chi connectivity index (χ1v) is 11.9. The molecule has 1 saturated carbocycles. The molecule has 0 amide bonds. The summed E-state index contributed by atoms with van der Waals surface area (Å²) in [5, 5.41) is 3.18. The van der Waals surface area contributed by atoms with Gasteiger partial charge in [-0.3, -0.25) is 0 Å². The van der Waals surface area contributed by atoms with Crippen molar-refractivity contribution in [3.63, 3.8) is 0 Å². The Morgan fingerprint density at radius 1 is 1.07 bits per heavy atom. The van der Waals surface area contributed by atoms with E-state index in [0.29, 0.717) is 36.4 Å². The van der Waals surface area contributed by atoms with E-state index < -0.39 is 20.9 Å². The van der Waals surface area contributed by atoms with Crippen molar-refractivity contribution < 1.29 is 22.3 Å². The Balaban J connectivity index is 1.33. The van der Waals surface area contributed by atoms with Crippen LogP contribution in [0.1, 0.15) is 44.1 Å². The molecule has 160 valence electrons. The molecule has 0 spiro atoms. The van der Waals surface area contributed by atoms with Gasteiger partial charge in [0.05, 0.1) is 15.7 Å². The van der Waals surface area contributed by atoms with Crippen molar-refractivity contribution >= 4 is 9.84 Å². The first-order valence-electron chi connectivity index (χ1n) is 10.4. The summed E-state index contributed by atoms with van der Waals surface area (Å²) in [6, 6.07) is 4.71. The van der Waals surface area contributed by atoms with E-state index >= 15 is 0 Å². The molecule has 3 aliphatic rings. The van der Waals surface area contributed by atoms with Gasteiger partial charge in [0.1, 0.15) is 12.4 Å². The fraction of sp³-hybridized carbons (Fsp3) is 0.524. The van der Waals surface area contributed by atoms with Gasteiger partial charge in [0.15, 0.2) is 21.4 Å². The Hall–Kier alpha value is -2.26. The summed E-state index contributed by atoms with van der Waals surface area (Å²) in [6.07, 6.45) is 6.88. The molecule has 2 saturated heterocycles. The number of sulfone groups is 1. The second kappa shape index (κ2) is 7.46. The molecular formula is C21H24FN3O4S. The predicted octanol–water partition coefficient (Wildman–Crippen LogP) is 3.31. The highest BCUT2D eigenvalue weighted by atomic mass is 32.2. The van der Waals surface area contributed by atoms with Crippen LogP contribution in [-0.2, 0) is 9.84 Å². The lowest BCUT2D eigenvalue weighted by atomic mass is 10.0. The number of hydrogen-bond donors (Lipinski definition) is 1. The molecule has 30 heavy (non-hydrogen) atoms. The Bertz CT molecular complexity index is 1060. The molecule has 5 rings (SSSR count). The lowest BCUT2D eigenvalue weighted by Gasteiger charge is -2.29. The number of nitrogens with one attached hydrogen (secondary N) is 1. The molecule has 2 unspecified atom stereocenters. The summed E-state index contributed by atoms with van der Waals surface area (Å²) in [5.41, 5.74) is 0.581. The van der Waals surface area contributed by atoms with Crippen molar-refractivity contribution in [2.75, 3.05) is 0 Å². The van der Waals surface area contributed by atoms with Crippen molar-refractivity contribution in [1.29, 1.82) is 0 Å². The van der Waals surface area contributed by atoms with E-state index in [2.05, 4.69) is 15.3 Å². The van der Waals surface area contributed by atoms with E-state index in [-0.39, 0.29) is 22.6 Å². The molecule has 1 aromatic carbocycles. The average Bonchev–Trinajstić information content (AvgIpc) is 3.52. The number of benzene rings is 1. The molecule has 7 nitrogen and oxygen atoms in total. The number of fused-ring (bicyclic) bond motifs is 2. The minimum absolute atomic E-state index is 0.0150. The second-order valence-electron chi connectivity index (χ2n) is 8.40. The van der Waals surface area contributed by atoms with Crippen LogP contribution < -0.4 is 14.8 Å². The van der Waals surface area contributed by atoms with Crippen LogP contribution in [0.3, 0.4) is 0 Å². The van der Waals surface area contributed by atoms with E-state index in [1.807, 2.05) is 0 Å². The molecule has 1 aliphatic carbocycles. The SMILES string of the molecule is Cc1c(Oc2ccc(S(=O)(=O)C3CC3)cc2F)ncnc1OC1CC2CCC(C1)N2. The molecule has 1 aromatic heterocycles. The lowest BCUT2D eigenvalue weighted by molar-refractivity contribution is 0.130. The van der Waals surface area contributed by atoms with Gasteiger partial charge >= 0.3 is 0 Å². The number of halogens is 1. The number of hydrogen-bond acceptors (Lipinski definition) is 7. The molecule has 2 atom stereocenters. The minimum atomic E-state index is -3.46. The van der Waals surface area contributed by atoms with Gasteiger partial charge in [-0.15, -0.1) is 0 Å². The van der Waals surface area contributed by atoms with E-state index in [9.17, 15) is 12.8 Å². The van der Waals surface area contributed by atoms with Gasteiger partial charge < -0.3 is 14.8 Å². The molecule has 3 fully saturated rings. The largest absolute Gasteiger partial charge is 0.474 e. The molecule has 2 bridgehead atoms. The topological polar surface area (TPSA) is 90.4 Å². The smallest absolute Gasteiger partial charge is 0.229 e. The normalized spacial score (nSPS) is 25.9. The van der Waals surface area contributed by atoms with Crippen molar-refractivity contribution in [1.82, 2.24) is 15.3 Å². The summed E-state index contributed by atoms with van der Waals surface area (Å²) in [7, 11) is -3.46. The maximum absolute atomic E-state index is 14.6. The third-order valence-electron chi connectivity index (χ3n) is 6.10. The van der Waals surface area contributed by atoms with Gasteiger partial charge in [-0.2, -0.15) is 0 Å². The number of aromatic nitrogens is 2. The fourth-order valence-electron chi connectivity index (χ4n) is 4.32. The van der Waals surface area contributed by atoms with Crippen molar-refractivity contribution in [2.45, 2.75) is 73.8 Å². The van der Waals surface area contributed by atoms with E-state index in [1.165, 1.54) is 31.3 Å². The molecule has 9 heteroatoms. The Kier molecular flexibility index (Phi) is 4.89. The highest BCUT2D eigenvalue weighted by molar-refractivity contribution is 7.92. The van der Waals surface area contributed by atoms with Gasteiger partial charge in [0.2, 0.25) is 11.8 Å². The van der Waals surface area contributed by atoms with E-state index in [0.717, 1.165) is 18.9 Å². The molecule has 0 radical (unpaired) electrons. The number of nitrogens with zero attached hydrogens (tertiary/aromatic N) is 2. The van der Waals surface area contributed by atoms with Crippen molar-refractivity contribution in [3.05, 3.63) is 35.9 Å². The zero-order chi connectivity index (χ0) is 20.9. The molecule has 1 N–H and O–H groups in total. The Morgan fingerprint density at radius 2 is 1.77 bits per heavy atom. The lowest BCUT2D eigenvalue weighted by Crippen LogP contribution is -2.42.